The van der Waals surface area contributed by atoms with Crippen LogP contribution in [0.5, 0.6) is 0 Å². The molecule has 2 atom stereocenters. The molecule has 0 amide bonds. The molecule has 0 aromatic heterocycles. The van der Waals surface area contributed by atoms with E-state index in [-0.39, 0.29) is 25.6 Å². The molecule has 10 heteroatoms. The minimum Gasteiger partial charge on any atom is -0.462 e. The summed E-state index contributed by atoms with van der Waals surface area (Å²) < 4.78 is 34.9. The highest BCUT2D eigenvalue weighted by Crippen LogP contribution is 2.43. The average molecular weight is 1390 g/mol. The van der Waals surface area contributed by atoms with Crippen LogP contribution < -0.4 is 0 Å². The monoisotopic (exact) mass is 1390 g/mol. The summed E-state index contributed by atoms with van der Waals surface area (Å²) in [6.45, 7) is 4.38. The number of phosphoric acid groups is 1. The van der Waals surface area contributed by atoms with Crippen LogP contribution in [0.4, 0.5) is 0 Å². The SMILES string of the molecule is CC/C=C\C/C=C\C/C=C\C/C=C\C/C=C\CCCCCCCCCCCCCCCCCCCCCCCCCC(=O)OC(COC(=O)CCCCCCCCCCCCCCCCCCCCCCCCC/C=C\C/C=C\CCCCCCC)COP(=O)(O)OCC[N+](C)(C)C. The summed E-state index contributed by atoms with van der Waals surface area (Å²) in [5.41, 5.74) is 0. The highest BCUT2D eigenvalue weighted by atomic mass is 31.2. The van der Waals surface area contributed by atoms with Gasteiger partial charge in [-0.15, -0.1) is 0 Å². The second kappa shape index (κ2) is 78.3. The minimum atomic E-state index is -4.40. The first kappa shape index (κ1) is 95.2. The van der Waals surface area contributed by atoms with Crippen molar-refractivity contribution in [3.05, 3.63) is 85.1 Å². The Labute approximate surface area is 609 Å². The Kier molecular flexibility index (Phi) is 76.1. The number of esters is 2. The van der Waals surface area contributed by atoms with Crippen LogP contribution in [0.1, 0.15) is 412 Å². The van der Waals surface area contributed by atoms with Crippen LogP contribution in [0.25, 0.3) is 0 Å². The highest BCUT2D eigenvalue weighted by molar-refractivity contribution is 7.47. The molecule has 98 heavy (non-hydrogen) atoms. The molecule has 0 saturated carbocycles. The lowest BCUT2D eigenvalue weighted by Crippen LogP contribution is -2.37. The van der Waals surface area contributed by atoms with Gasteiger partial charge in [-0.25, -0.2) is 4.57 Å². The number of carbonyl (C=O) groups is 2. The van der Waals surface area contributed by atoms with E-state index in [1.54, 1.807) is 0 Å². The van der Waals surface area contributed by atoms with E-state index in [1.807, 2.05) is 21.1 Å². The molecule has 2 unspecified atom stereocenters. The van der Waals surface area contributed by atoms with Gasteiger partial charge >= 0.3 is 19.8 Å². The zero-order valence-electron chi connectivity index (χ0n) is 65.5. The molecule has 0 heterocycles. The lowest BCUT2D eigenvalue weighted by atomic mass is 10.0. The summed E-state index contributed by atoms with van der Waals surface area (Å²) in [7, 11) is 1.50. The molecule has 1 N–H and O–H groups in total. The van der Waals surface area contributed by atoms with Crippen molar-refractivity contribution in [3.63, 3.8) is 0 Å². The van der Waals surface area contributed by atoms with Crippen LogP contribution >= 0.6 is 7.82 Å². The van der Waals surface area contributed by atoms with E-state index < -0.39 is 26.5 Å². The maximum Gasteiger partial charge on any atom is 0.472 e. The standard InChI is InChI=1S/C88H162NO8P/c1-6-8-10-12-14-16-18-20-22-24-26-28-30-32-34-36-38-40-42-43-44-45-47-49-51-53-55-57-59-61-63-65-67-69-71-73-75-77-79-81-88(91)97-86(85-96-98(92,93)95-83-82-89(3,4)5)84-94-87(90)80-78-76-74-72-70-68-66-64-62-60-58-56-54-52-50-48-46-41-39-37-35-33-31-29-27-25-23-21-19-17-15-13-11-9-7-2/h8,10,14,16,19-22,25-28,32,34,86H,6-7,9,11-13,15,17-18,23-24,29-31,33,35-85H2,1-5H3/p+1/b10-8-,16-14-,21-19-,22-20-,27-25-,28-26-,34-32-. The summed E-state index contributed by atoms with van der Waals surface area (Å²) in [6.07, 6.45) is 109. The lowest BCUT2D eigenvalue weighted by molar-refractivity contribution is -0.870. The van der Waals surface area contributed by atoms with Crippen LogP contribution in [0.15, 0.2) is 85.1 Å². The third-order valence-electron chi connectivity index (χ3n) is 18.9. The van der Waals surface area contributed by atoms with Crippen LogP contribution in [-0.2, 0) is 32.7 Å². The molecule has 0 aliphatic rings. The molecule has 0 fully saturated rings. The molecule has 0 bridgehead atoms. The van der Waals surface area contributed by atoms with Gasteiger partial charge in [0.2, 0.25) is 0 Å². The molecule has 0 aliphatic heterocycles. The maximum absolute atomic E-state index is 12.9. The van der Waals surface area contributed by atoms with Gasteiger partial charge in [0.05, 0.1) is 27.7 Å². The zero-order valence-corrected chi connectivity index (χ0v) is 66.4. The molecule has 9 nitrogen and oxygen atoms in total. The molecule has 0 saturated heterocycles. The van der Waals surface area contributed by atoms with E-state index in [1.165, 1.54) is 308 Å². The molecule has 0 rings (SSSR count). The second-order valence-electron chi connectivity index (χ2n) is 29.8. The van der Waals surface area contributed by atoms with Crippen LogP contribution in [0.3, 0.4) is 0 Å². The Morgan fingerprint density at radius 1 is 0.327 bits per heavy atom. The molecule has 0 aromatic rings. The van der Waals surface area contributed by atoms with Crippen molar-refractivity contribution < 1.29 is 42.1 Å². The fourth-order valence-electron chi connectivity index (χ4n) is 12.5. The molecular formula is C88H163NO8P+. The number of nitrogens with zero attached hydrogens (tertiary/aromatic N) is 1. The van der Waals surface area contributed by atoms with E-state index in [4.69, 9.17) is 18.5 Å². The molecule has 0 aliphatic carbocycles. The van der Waals surface area contributed by atoms with E-state index in [9.17, 15) is 19.0 Å². The van der Waals surface area contributed by atoms with Crippen molar-refractivity contribution in [1.29, 1.82) is 0 Å². The lowest BCUT2D eigenvalue weighted by Gasteiger charge is -2.24. The van der Waals surface area contributed by atoms with Gasteiger partial charge in [-0.05, 0) is 89.9 Å². The van der Waals surface area contributed by atoms with Crippen LogP contribution in [-0.4, -0.2) is 74.9 Å². The summed E-state index contributed by atoms with van der Waals surface area (Å²) in [5.74, 6) is -0.774. The number of ether oxygens (including phenoxy) is 2. The van der Waals surface area contributed by atoms with Crippen molar-refractivity contribution in [2.75, 3.05) is 47.5 Å². The Morgan fingerprint density at radius 3 is 0.867 bits per heavy atom. The summed E-state index contributed by atoms with van der Waals surface area (Å²) in [5, 5.41) is 0. The maximum atomic E-state index is 12.9. The van der Waals surface area contributed by atoms with Gasteiger partial charge in [0.15, 0.2) is 6.10 Å². The number of allylic oxidation sites excluding steroid dienone is 14. The summed E-state index contributed by atoms with van der Waals surface area (Å²) >= 11 is 0. The quantitative estimate of drug-likeness (QED) is 0.0211. The molecule has 0 radical (unpaired) electrons. The Bertz CT molecular complexity index is 1930. The van der Waals surface area contributed by atoms with Crippen molar-refractivity contribution >= 4 is 19.8 Å². The number of unbranched alkanes of at least 4 members (excludes halogenated alkanes) is 51. The van der Waals surface area contributed by atoms with Crippen LogP contribution in [0.2, 0.25) is 0 Å². The predicted molar refractivity (Wildman–Crippen MR) is 427 cm³/mol. The van der Waals surface area contributed by atoms with E-state index in [0.717, 1.165) is 70.6 Å². The summed E-state index contributed by atoms with van der Waals surface area (Å²) in [6, 6.07) is 0. The fraction of sp³-hybridized carbons (Fsp3) is 0.818. The molecule has 0 aromatic carbocycles. The van der Waals surface area contributed by atoms with Gasteiger partial charge in [-0.1, -0.05) is 394 Å². The normalized spacial score (nSPS) is 13.4. The second-order valence-corrected chi connectivity index (χ2v) is 31.3. The first-order valence-corrected chi connectivity index (χ1v) is 43.8. The van der Waals surface area contributed by atoms with Gasteiger partial charge in [0.1, 0.15) is 19.8 Å². The summed E-state index contributed by atoms with van der Waals surface area (Å²) in [4.78, 5) is 36.0. The smallest absolute Gasteiger partial charge is 0.462 e. The van der Waals surface area contributed by atoms with Gasteiger partial charge < -0.3 is 18.9 Å². The predicted octanol–water partition coefficient (Wildman–Crippen LogP) is 28.4. The third-order valence-corrected chi connectivity index (χ3v) is 19.9. The highest BCUT2D eigenvalue weighted by Gasteiger charge is 2.27. The number of quaternary nitrogens is 1. The molecule has 0 spiro atoms. The number of phosphoric ester groups is 1. The zero-order chi connectivity index (χ0) is 71.1. The number of rotatable bonds is 79. The number of likely N-dealkylation sites (N-methyl/N-ethyl adjacent to an activating group) is 1. The minimum absolute atomic E-state index is 0.0333. The Hall–Kier alpha value is -2.81. The van der Waals surface area contributed by atoms with Gasteiger partial charge in [-0.3, -0.25) is 18.6 Å². The van der Waals surface area contributed by atoms with Crippen molar-refractivity contribution in [2.45, 2.75) is 418 Å². The third kappa shape index (κ3) is 82.1. The first-order valence-electron chi connectivity index (χ1n) is 42.3. The van der Waals surface area contributed by atoms with E-state index >= 15 is 0 Å². The van der Waals surface area contributed by atoms with Crippen molar-refractivity contribution in [3.8, 4) is 0 Å². The number of hydrogen-bond donors (Lipinski definition) is 1. The van der Waals surface area contributed by atoms with Gasteiger partial charge in [0.25, 0.3) is 0 Å². The Morgan fingerprint density at radius 2 is 0.582 bits per heavy atom. The van der Waals surface area contributed by atoms with E-state index in [0.29, 0.717) is 23.9 Å². The van der Waals surface area contributed by atoms with Gasteiger partial charge in [-0.2, -0.15) is 0 Å². The molecular weight excluding hydrogens is 1230 g/mol. The topological polar surface area (TPSA) is 108 Å². The fourth-order valence-corrected chi connectivity index (χ4v) is 13.2. The number of carbonyl (C=O) groups excluding carboxylic acids is 2. The molecule has 572 valence electrons. The van der Waals surface area contributed by atoms with Crippen molar-refractivity contribution in [1.82, 2.24) is 0 Å². The Balaban J connectivity index is 3.89. The van der Waals surface area contributed by atoms with E-state index in [2.05, 4.69) is 98.9 Å². The largest absolute Gasteiger partial charge is 0.472 e. The first-order chi connectivity index (χ1) is 48.0. The number of hydrogen-bond acceptors (Lipinski definition) is 7. The van der Waals surface area contributed by atoms with Gasteiger partial charge in [0, 0.05) is 12.8 Å². The van der Waals surface area contributed by atoms with Crippen LogP contribution in [0, 0.1) is 0 Å². The van der Waals surface area contributed by atoms with Crippen molar-refractivity contribution in [2.24, 2.45) is 0 Å². The average Bonchev–Trinajstić information content (AvgIpc) is 1.23.